The van der Waals surface area contributed by atoms with Gasteiger partial charge in [0.15, 0.2) is 0 Å². The molecular weight excluding hydrogens is 177 g/mol. The summed E-state index contributed by atoms with van der Waals surface area (Å²) in [4.78, 5) is 0. The molecule has 1 aromatic rings. The SMILES string of the molecule is CCC(CC)Nc1ccc(C)cc1F. The van der Waals surface area contributed by atoms with E-state index in [9.17, 15) is 4.39 Å². The van der Waals surface area contributed by atoms with E-state index in [2.05, 4.69) is 19.2 Å². The largest absolute Gasteiger partial charge is 0.380 e. The quantitative estimate of drug-likeness (QED) is 0.771. The fourth-order valence-corrected chi connectivity index (χ4v) is 1.45. The summed E-state index contributed by atoms with van der Waals surface area (Å²) in [6.45, 7) is 6.10. The molecule has 0 saturated heterocycles. The molecule has 0 aliphatic rings. The minimum atomic E-state index is -0.156. The standard InChI is InChI=1S/C12H18FN/c1-4-10(5-2)14-12-7-6-9(3)8-11(12)13/h6-8,10,14H,4-5H2,1-3H3. The third-order valence-corrected chi connectivity index (χ3v) is 2.47. The highest BCUT2D eigenvalue weighted by atomic mass is 19.1. The van der Waals surface area contributed by atoms with Crippen molar-refractivity contribution in [2.45, 2.75) is 39.7 Å². The Morgan fingerprint density at radius 1 is 1.29 bits per heavy atom. The Hall–Kier alpha value is -1.05. The molecule has 0 aromatic heterocycles. The zero-order valence-electron chi connectivity index (χ0n) is 9.10. The van der Waals surface area contributed by atoms with E-state index in [4.69, 9.17) is 0 Å². The molecule has 0 atom stereocenters. The van der Waals surface area contributed by atoms with Gasteiger partial charge in [-0.1, -0.05) is 19.9 Å². The third kappa shape index (κ3) is 2.72. The number of benzene rings is 1. The van der Waals surface area contributed by atoms with Crippen LogP contribution in [0.5, 0.6) is 0 Å². The van der Waals surface area contributed by atoms with Crippen LogP contribution in [0.4, 0.5) is 10.1 Å². The van der Waals surface area contributed by atoms with Gasteiger partial charge in [-0.15, -0.1) is 0 Å². The number of halogens is 1. The molecule has 1 nitrogen and oxygen atoms in total. The molecule has 0 amide bonds. The number of aryl methyl sites for hydroxylation is 1. The molecule has 1 rings (SSSR count). The van der Waals surface area contributed by atoms with Crippen LogP contribution in [0, 0.1) is 12.7 Å². The van der Waals surface area contributed by atoms with E-state index in [1.165, 1.54) is 0 Å². The lowest BCUT2D eigenvalue weighted by Gasteiger charge is -2.16. The van der Waals surface area contributed by atoms with Gasteiger partial charge in [0.25, 0.3) is 0 Å². The first kappa shape index (κ1) is 11.0. The Labute approximate surface area is 85.3 Å². The number of rotatable bonds is 4. The molecule has 0 heterocycles. The van der Waals surface area contributed by atoms with Crippen LogP contribution in [0.15, 0.2) is 18.2 Å². The van der Waals surface area contributed by atoms with Crippen molar-refractivity contribution in [3.63, 3.8) is 0 Å². The maximum atomic E-state index is 13.4. The first-order valence-electron chi connectivity index (χ1n) is 5.20. The van der Waals surface area contributed by atoms with Gasteiger partial charge in [0.2, 0.25) is 0 Å². The van der Waals surface area contributed by atoms with E-state index in [0.717, 1.165) is 18.4 Å². The Morgan fingerprint density at radius 2 is 1.93 bits per heavy atom. The predicted molar refractivity (Wildman–Crippen MR) is 59.1 cm³/mol. The Balaban J connectivity index is 2.76. The summed E-state index contributed by atoms with van der Waals surface area (Å²) < 4.78 is 13.4. The average Bonchev–Trinajstić information content (AvgIpc) is 2.17. The maximum absolute atomic E-state index is 13.4. The monoisotopic (exact) mass is 195 g/mol. The molecule has 0 bridgehead atoms. The predicted octanol–water partition coefficient (Wildman–Crippen LogP) is 3.73. The summed E-state index contributed by atoms with van der Waals surface area (Å²) in [5, 5.41) is 3.20. The van der Waals surface area contributed by atoms with Gasteiger partial charge in [0.05, 0.1) is 5.69 Å². The Bertz CT molecular complexity index is 292. The second kappa shape index (κ2) is 4.99. The second-order valence-corrected chi connectivity index (χ2v) is 3.64. The summed E-state index contributed by atoms with van der Waals surface area (Å²) in [6, 6.07) is 5.66. The molecular formula is C12H18FN. The molecule has 0 fully saturated rings. The molecule has 0 saturated carbocycles. The van der Waals surface area contributed by atoms with E-state index in [-0.39, 0.29) is 5.82 Å². The summed E-state index contributed by atoms with van der Waals surface area (Å²) in [5.41, 5.74) is 1.57. The van der Waals surface area contributed by atoms with Gasteiger partial charge in [0, 0.05) is 6.04 Å². The molecule has 78 valence electrons. The molecule has 0 spiro atoms. The minimum absolute atomic E-state index is 0.156. The van der Waals surface area contributed by atoms with Crippen molar-refractivity contribution >= 4 is 5.69 Å². The van der Waals surface area contributed by atoms with Crippen molar-refractivity contribution in [2.24, 2.45) is 0 Å². The van der Waals surface area contributed by atoms with Gasteiger partial charge in [-0.25, -0.2) is 4.39 Å². The van der Waals surface area contributed by atoms with Gasteiger partial charge in [-0.2, -0.15) is 0 Å². The van der Waals surface area contributed by atoms with Gasteiger partial charge < -0.3 is 5.32 Å². The van der Waals surface area contributed by atoms with Crippen LogP contribution < -0.4 is 5.32 Å². The smallest absolute Gasteiger partial charge is 0.146 e. The topological polar surface area (TPSA) is 12.0 Å². The Kier molecular flexibility index (Phi) is 3.93. The van der Waals surface area contributed by atoms with Crippen molar-refractivity contribution in [3.8, 4) is 0 Å². The molecule has 0 radical (unpaired) electrons. The zero-order valence-corrected chi connectivity index (χ0v) is 9.10. The first-order chi connectivity index (χ1) is 6.67. The van der Waals surface area contributed by atoms with Crippen molar-refractivity contribution in [2.75, 3.05) is 5.32 Å². The fourth-order valence-electron chi connectivity index (χ4n) is 1.45. The molecule has 0 aliphatic carbocycles. The lowest BCUT2D eigenvalue weighted by atomic mass is 10.1. The van der Waals surface area contributed by atoms with Crippen molar-refractivity contribution in [1.29, 1.82) is 0 Å². The lowest BCUT2D eigenvalue weighted by molar-refractivity contribution is 0.614. The van der Waals surface area contributed by atoms with E-state index in [1.54, 1.807) is 6.07 Å². The minimum Gasteiger partial charge on any atom is -0.380 e. The van der Waals surface area contributed by atoms with Crippen molar-refractivity contribution in [3.05, 3.63) is 29.6 Å². The molecule has 1 aromatic carbocycles. The first-order valence-corrected chi connectivity index (χ1v) is 5.20. The number of nitrogens with one attached hydrogen (secondary N) is 1. The molecule has 1 N–H and O–H groups in total. The van der Waals surface area contributed by atoms with Gasteiger partial charge in [0.1, 0.15) is 5.82 Å². The van der Waals surface area contributed by atoms with Crippen LogP contribution in [0.1, 0.15) is 32.3 Å². The average molecular weight is 195 g/mol. The van der Waals surface area contributed by atoms with Gasteiger partial charge in [-0.3, -0.25) is 0 Å². The van der Waals surface area contributed by atoms with E-state index >= 15 is 0 Å². The van der Waals surface area contributed by atoms with Crippen LogP contribution in [0.2, 0.25) is 0 Å². The summed E-state index contributed by atoms with van der Waals surface area (Å²) in [6.07, 6.45) is 2.04. The number of hydrogen-bond acceptors (Lipinski definition) is 1. The summed E-state index contributed by atoms with van der Waals surface area (Å²) in [5.74, 6) is -0.156. The molecule has 2 heteroatoms. The highest BCUT2D eigenvalue weighted by molar-refractivity contribution is 5.46. The van der Waals surface area contributed by atoms with Crippen LogP contribution in [0.3, 0.4) is 0 Å². The van der Waals surface area contributed by atoms with Crippen LogP contribution in [0.25, 0.3) is 0 Å². The second-order valence-electron chi connectivity index (χ2n) is 3.64. The maximum Gasteiger partial charge on any atom is 0.146 e. The number of anilines is 1. The molecule has 0 aliphatic heterocycles. The van der Waals surface area contributed by atoms with Crippen LogP contribution >= 0.6 is 0 Å². The number of hydrogen-bond donors (Lipinski definition) is 1. The Morgan fingerprint density at radius 3 is 2.43 bits per heavy atom. The highest BCUT2D eigenvalue weighted by Crippen LogP contribution is 2.17. The van der Waals surface area contributed by atoms with E-state index < -0.39 is 0 Å². The zero-order chi connectivity index (χ0) is 10.6. The normalized spacial score (nSPS) is 10.6. The molecule has 14 heavy (non-hydrogen) atoms. The fraction of sp³-hybridized carbons (Fsp3) is 0.500. The van der Waals surface area contributed by atoms with Crippen LogP contribution in [-0.4, -0.2) is 6.04 Å². The van der Waals surface area contributed by atoms with E-state index in [0.29, 0.717) is 11.7 Å². The highest BCUT2D eigenvalue weighted by Gasteiger charge is 2.06. The summed E-state index contributed by atoms with van der Waals surface area (Å²) >= 11 is 0. The van der Waals surface area contributed by atoms with Gasteiger partial charge in [-0.05, 0) is 37.5 Å². The van der Waals surface area contributed by atoms with Crippen LogP contribution in [-0.2, 0) is 0 Å². The molecule has 0 unspecified atom stereocenters. The van der Waals surface area contributed by atoms with Crippen molar-refractivity contribution < 1.29 is 4.39 Å². The van der Waals surface area contributed by atoms with E-state index in [1.807, 2.05) is 19.1 Å². The van der Waals surface area contributed by atoms with Gasteiger partial charge >= 0.3 is 0 Å². The van der Waals surface area contributed by atoms with Crippen molar-refractivity contribution in [1.82, 2.24) is 0 Å². The summed E-state index contributed by atoms with van der Waals surface area (Å²) in [7, 11) is 0. The lowest BCUT2D eigenvalue weighted by Crippen LogP contribution is -2.17. The third-order valence-electron chi connectivity index (χ3n) is 2.47.